The van der Waals surface area contributed by atoms with E-state index >= 15 is 0 Å². The van der Waals surface area contributed by atoms with Gasteiger partial charge in [0.2, 0.25) is 17.7 Å². The van der Waals surface area contributed by atoms with Crippen LogP contribution in [0.1, 0.15) is 91.1 Å². The average Bonchev–Trinajstić information content (AvgIpc) is 3.91. The number of piperidine rings is 2. The molecular weight excluding hydrogens is 731 g/mol. The number of nitrogens with one attached hydrogen (secondary N) is 3. The van der Waals surface area contributed by atoms with Crippen LogP contribution in [0.25, 0.3) is 27.9 Å². The van der Waals surface area contributed by atoms with Crippen LogP contribution in [0, 0.1) is 6.92 Å². The van der Waals surface area contributed by atoms with E-state index in [-0.39, 0.29) is 35.0 Å². The van der Waals surface area contributed by atoms with E-state index in [9.17, 15) is 14.4 Å². The first-order valence-corrected chi connectivity index (χ1v) is 20.0. The van der Waals surface area contributed by atoms with E-state index < -0.39 is 0 Å². The van der Waals surface area contributed by atoms with Gasteiger partial charge >= 0.3 is 0 Å². The second-order valence-corrected chi connectivity index (χ2v) is 16.5. The first-order chi connectivity index (χ1) is 28.0. The van der Waals surface area contributed by atoms with Gasteiger partial charge in [0, 0.05) is 47.9 Å². The second kappa shape index (κ2) is 16.3. The first-order valence-electron chi connectivity index (χ1n) is 20.0. The van der Waals surface area contributed by atoms with E-state index in [0.29, 0.717) is 31.2 Å². The van der Waals surface area contributed by atoms with Crippen LogP contribution in [0.15, 0.2) is 89.8 Å². The maximum atomic E-state index is 12.7. The number of rotatable bonds is 11. The number of benzene rings is 3. The summed E-state index contributed by atoms with van der Waals surface area (Å²) in [5.74, 6) is 0.140. The highest BCUT2D eigenvalue weighted by atomic mass is 16.5. The number of aryl methyl sites for hydroxylation is 1. The molecular formula is C45H49N9O4. The fourth-order valence-corrected chi connectivity index (χ4v) is 7.75. The van der Waals surface area contributed by atoms with Crippen molar-refractivity contribution in [2.75, 3.05) is 25.0 Å². The predicted molar refractivity (Wildman–Crippen MR) is 221 cm³/mol. The molecule has 2 aliphatic rings. The summed E-state index contributed by atoms with van der Waals surface area (Å²) < 4.78 is 7.15. The van der Waals surface area contributed by atoms with Crippen molar-refractivity contribution in [3.63, 3.8) is 0 Å². The molecule has 2 aliphatic heterocycles. The van der Waals surface area contributed by atoms with Gasteiger partial charge in [0.1, 0.15) is 12.4 Å². The quantitative estimate of drug-likeness (QED) is 0.122. The van der Waals surface area contributed by atoms with Crippen molar-refractivity contribution in [1.82, 2.24) is 40.3 Å². The zero-order valence-electron chi connectivity index (χ0n) is 33.4. The molecule has 3 aromatic heterocycles. The molecule has 0 radical (unpaired) electrons. The van der Waals surface area contributed by atoms with Gasteiger partial charge in [0.15, 0.2) is 0 Å². The molecule has 2 saturated heterocycles. The van der Waals surface area contributed by atoms with Crippen molar-refractivity contribution in [2.24, 2.45) is 0 Å². The topological polar surface area (TPSA) is 160 Å². The van der Waals surface area contributed by atoms with Crippen LogP contribution >= 0.6 is 0 Å². The molecule has 2 fully saturated rings. The summed E-state index contributed by atoms with van der Waals surface area (Å²) in [5, 5.41) is 16.9. The average molecular weight is 780 g/mol. The van der Waals surface area contributed by atoms with Crippen molar-refractivity contribution >= 4 is 28.9 Å². The first kappa shape index (κ1) is 38.7. The van der Waals surface area contributed by atoms with Gasteiger partial charge in [-0.25, -0.2) is 9.50 Å². The molecule has 58 heavy (non-hydrogen) atoms. The highest BCUT2D eigenvalue weighted by molar-refractivity contribution is 6.01. The van der Waals surface area contributed by atoms with Crippen LogP contribution in [-0.2, 0) is 28.0 Å². The highest BCUT2D eigenvalue weighted by Crippen LogP contribution is 2.31. The number of hydrogen-bond acceptors (Lipinski definition) is 10. The lowest BCUT2D eigenvalue weighted by Gasteiger charge is -2.32. The molecule has 3 amide bonds. The number of imide groups is 1. The van der Waals surface area contributed by atoms with Crippen LogP contribution in [0.4, 0.5) is 5.69 Å². The van der Waals surface area contributed by atoms with Crippen LogP contribution in [0.5, 0.6) is 0 Å². The van der Waals surface area contributed by atoms with E-state index in [1.807, 2.05) is 62.7 Å². The van der Waals surface area contributed by atoms with Crippen LogP contribution in [0.3, 0.4) is 0 Å². The monoisotopic (exact) mass is 779 g/mol. The zero-order valence-corrected chi connectivity index (χ0v) is 33.4. The third kappa shape index (κ3) is 8.69. The minimum atomic E-state index is -0.380. The molecule has 298 valence electrons. The molecule has 3 aromatic carbocycles. The molecule has 3 N–H and O–H groups in total. The number of anilines is 1. The van der Waals surface area contributed by atoms with E-state index in [4.69, 9.17) is 4.52 Å². The maximum absolute atomic E-state index is 12.7. The summed E-state index contributed by atoms with van der Waals surface area (Å²) in [6.07, 6.45) is 7.74. The SMILES string of the molecule is Cc1cc(-c2ncnn3cc(-c4ccc(CCN5CCC(c6ccc(NC7CCC(=O)NC7=O)cc6)CC5)cc4)cc23)ccc1CNC(=O)c1noc(C(C)(C)C)n1. The standard InChI is InChI=1S/C45H49N9O4/c1-28-23-33(9-10-34(28)25-46-43(57)41-51-44(58-52-41)45(2,3)4)40-38-24-35(26-54(38)48-27-47-40)31-7-5-29(6-8-31)17-20-53-21-18-32(19-22-53)30-11-13-36(14-12-30)49-37-15-16-39(55)50-42(37)56/h5-14,23-24,26-27,32,37,49H,15-22,25H2,1-4H3,(H,46,57)(H,50,55,56). The van der Waals surface area contributed by atoms with Crippen LogP contribution < -0.4 is 16.0 Å². The van der Waals surface area contributed by atoms with Crippen molar-refractivity contribution in [1.29, 1.82) is 0 Å². The van der Waals surface area contributed by atoms with Gasteiger partial charge in [-0.1, -0.05) is 74.5 Å². The molecule has 1 unspecified atom stereocenters. The lowest BCUT2D eigenvalue weighted by atomic mass is 9.89. The normalized spacial score (nSPS) is 16.7. The van der Waals surface area contributed by atoms with Gasteiger partial charge in [0.05, 0.1) is 11.2 Å². The third-order valence-electron chi connectivity index (χ3n) is 11.3. The zero-order chi connectivity index (χ0) is 40.4. The number of nitrogens with zero attached hydrogens (tertiary/aromatic N) is 6. The molecule has 13 nitrogen and oxygen atoms in total. The van der Waals surface area contributed by atoms with Gasteiger partial charge in [-0.05, 0) is 104 Å². The Hall–Kier alpha value is -6.21. The molecule has 8 rings (SSSR count). The maximum Gasteiger partial charge on any atom is 0.292 e. The molecule has 0 saturated carbocycles. The molecule has 6 aromatic rings. The molecule has 13 heteroatoms. The fraction of sp³-hybridized carbons (Fsp3) is 0.356. The van der Waals surface area contributed by atoms with Crippen molar-refractivity contribution in [3.8, 4) is 22.4 Å². The Bertz CT molecular complexity index is 2440. The summed E-state index contributed by atoms with van der Waals surface area (Å²) >= 11 is 0. The molecule has 1 atom stereocenters. The van der Waals surface area contributed by atoms with E-state index in [2.05, 4.69) is 89.6 Å². The van der Waals surface area contributed by atoms with E-state index in [1.165, 1.54) is 11.1 Å². The minimum absolute atomic E-state index is 0.0262. The van der Waals surface area contributed by atoms with Crippen molar-refractivity contribution in [2.45, 2.75) is 83.7 Å². The number of amides is 3. The Morgan fingerprint density at radius 2 is 1.69 bits per heavy atom. The van der Waals surface area contributed by atoms with Gasteiger partial charge < -0.3 is 20.1 Å². The Balaban J connectivity index is 0.835. The van der Waals surface area contributed by atoms with Gasteiger partial charge in [0.25, 0.3) is 11.7 Å². The number of fused-ring (bicyclic) bond motifs is 1. The number of carbonyl (C=O) groups is 3. The number of hydrogen-bond donors (Lipinski definition) is 3. The van der Waals surface area contributed by atoms with E-state index in [0.717, 1.165) is 83.6 Å². The largest absolute Gasteiger partial charge is 0.374 e. The molecule has 0 spiro atoms. The second-order valence-electron chi connectivity index (χ2n) is 16.5. The summed E-state index contributed by atoms with van der Waals surface area (Å²) in [5.41, 5.74) is 10.1. The molecule has 5 heterocycles. The summed E-state index contributed by atoms with van der Waals surface area (Å²) in [6, 6.07) is 25.2. The lowest BCUT2D eigenvalue weighted by Crippen LogP contribution is -2.47. The van der Waals surface area contributed by atoms with Gasteiger partial charge in [-0.2, -0.15) is 10.1 Å². The number of aromatic nitrogens is 5. The highest BCUT2D eigenvalue weighted by Gasteiger charge is 2.27. The van der Waals surface area contributed by atoms with Crippen molar-refractivity contribution < 1.29 is 18.9 Å². The summed E-state index contributed by atoms with van der Waals surface area (Å²) in [7, 11) is 0. The number of likely N-dealkylation sites (tertiary alicyclic amines) is 1. The Labute approximate surface area is 337 Å². The van der Waals surface area contributed by atoms with Crippen molar-refractivity contribution in [3.05, 3.63) is 119 Å². The van der Waals surface area contributed by atoms with Gasteiger partial charge in [-0.15, -0.1) is 0 Å². The smallest absolute Gasteiger partial charge is 0.292 e. The minimum Gasteiger partial charge on any atom is -0.374 e. The fourth-order valence-electron chi connectivity index (χ4n) is 7.75. The Morgan fingerprint density at radius 1 is 0.931 bits per heavy atom. The van der Waals surface area contributed by atoms with E-state index in [1.54, 1.807) is 6.33 Å². The Kier molecular flexibility index (Phi) is 10.9. The third-order valence-corrected chi connectivity index (χ3v) is 11.3. The van der Waals surface area contributed by atoms with Crippen LogP contribution in [-0.4, -0.2) is 73.0 Å². The Morgan fingerprint density at radius 3 is 2.40 bits per heavy atom. The predicted octanol–water partition coefficient (Wildman–Crippen LogP) is 6.62. The van der Waals surface area contributed by atoms with Crippen LogP contribution in [0.2, 0.25) is 0 Å². The number of carbonyl (C=O) groups excluding carboxylic acids is 3. The summed E-state index contributed by atoms with van der Waals surface area (Å²) in [6.45, 7) is 11.4. The van der Waals surface area contributed by atoms with Gasteiger partial charge in [-0.3, -0.25) is 19.7 Å². The summed E-state index contributed by atoms with van der Waals surface area (Å²) in [4.78, 5) is 47.8. The molecule has 0 aliphatic carbocycles. The molecule has 0 bridgehead atoms. The lowest BCUT2D eigenvalue weighted by molar-refractivity contribution is -0.133.